The topological polar surface area (TPSA) is 83.5 Å². The van der Waals surface area contributed by atoms with Crippen LogP contribution in [0.2, 0.25) is 0 Å². The number of hydrazone groups is 1. The zero-order valence-electron chi connectivity index (χ0n) is 18.3. The van der Waals surface area contributed by atoms with Gasteiger partial charge < -0.3 is 14.8 Å². The van der Waals surface area contributed by atoms with Crippen LogP contribution in [0.15, 0.2) is 47.6 Å². The van der Waals surface area contributed by atoms with E-state index in [1.54, 1.807) is 18.3 Å². The number of fused-ring (bicyclic) bond motifs is 1. The van der Waals surface area contributed by atoms with Crippen LogP contribution < -0.4 is 5.32 Å². The number of nitrogens with zero attached hydrogens (tertiary/aromatic N) is 3. The van der Waals surface area contributed by atoms with Gasteiger partial charge in [0.2, 0.25) is 0 Å². The molecule has 32 heavy (non-hydrogen) atoms. The number of hydrogen-bond acceptors (Lipinski definition) is 7. The van der Waals surface area contributed by atoms with E-state index in [0.717, 1.165) is 42.9 Å². The van der Waals surface area contributed by atoms with Gasteiger partial charge in [-0.25, -0.2) is 0 Å². The van der Waals surface area contributed by atoms with E-state index in [1.165, 1.54) is 12.7 Å². The average Bonchev–Trinajstić information content (AvgIpc) is 2.83. The lowest BCUT2D eigenvalue weighted by Crippen LogP contribution is -2.35. The molecule has 2 aromatic carbocycles. The number of morpholine rings is 1. The molecule has 8 heteroatoms. The maximum atomic E-state index is 12.7. The molecule has 0 atom stereocenters. The predicted molar refractivity (Wildman–Crippen MR) is 122 cm³/mol. The van der Waals surface area contributed by atoms with Gasteiger partial charge in [0.1, 0.15) is 0 Å². The molecule has 2 aliphatic rings. The summed E-state index contributed by atoms with van der Waals surface area (Å²) in [6.07, 6.45) is 2.67. The summed E-state index contributed by atoms with van der Waals surface area (Å²) in [7, 11) is 1.40. The summed E-state index contributed by atoms with van der Waals surface area (Å²) in [4.78, 5) is 26.3. The molecule has 1 amide bonds. The van der Waals surface area contributed by atoms with Gasteiger partial charge in [0.15, 0.2) is 0 Å². The molecule has 0 spiro atoms. The van der Waals surface area contributed by atoms with Crippen LogP contribution in [0.4, 0.5) is 5.69 Å². The van der Waals surface area contributed by atoms with Gasteiger partial charge in [-0.1, -0.05) is 18.2 Å². The first-order valence-electron chi connectivity index (χ1n) is 10.8. The standard InChI is InChI=1S/C24H28N4O4/c1-31-23(29)17-27-9-8-19-6-7-22(14-21(19)16-27)26-24(30)20-4-2-18(3-5-20)15-25-28-10-12-32-13-11-28/h2-7,14-15H,8-13,16-17H2,1H3,(H,26,30)/b25-15+. The van der Waals surface area contributed by atoms with Gasteiger partial charge in [-0.3, -0.25) is 19.5 Å². The van der Waals surface area contributed by atoms with Crippen LogP contribution in [-0.4, -0.2) is 74.5 Å². The molecule has 1 N–H and O–H groups in total. The smallest absolute Gasteiger partial charge is 0.319 e. The number of esters is 1. The Morgan fingerprint density at radius 3 is 2.62 bits per heavy atom. The van der Waals surface area contributed by atoms with Gasteiger partial charge in [0.25, 0.3) is 5.91 Å². The van der Waals surface area contributed by atoms with Crippen molar-refractivity contribution < 1.29 is 19.1 Å². The molecule has 2 heterocycles. The number of benzene rings is 2. The summed E-state index contributed by atoms with van der Waals surface area (Å²) in [5.41, 5.74) is 4.62. The van der Waals surface area contributed by atoms with Gasteiger partial charge in [-0.05, 0) is 47.4 Å². The van der Waals surface area contributed by atoms with Crippen LogP contribution in [-0.2, 0) is 27.2 Å². The molecule has 1 saturated heterocycles. The number of ether oxygens (including phenoxy) is 2. The lowest BCUT2D eigenvalue weighted by atomic mass is 9.99. The maximum Gasteiger partial charge on any atom is 0.319 e. The second-order valence-electron chi connectivity index (χ2n) is 7.91. The molecule has 2 aromatic rings. The number of nitrogens with one attached hydrogen (secondary N) is 1. The Morgan fingerprint density at radius 2 is 1.88 bits per heavy atom. The number of rotatable bonds is 6. The summed E-state index contributed by atoms with van der Waals surface area (Å²) in [6, 6.07) is 13.3. The summed E-state index contributed by atoms with van der Waals surface area (Å²) in [6.45, 7) is 4.72. The first kappa shape index (κ1) is 22.0. The summed E-state index contributed by atoms with van der Waals surface area (Å²) < 4.78 is 10.1. The van der Waals surface area contributed by atoms with Crippen molar-refractivity contribution in [3.8, 4) is 0 Å². The van der Waals surface area contributed by atoms with E-state index in [4.69, 9.17) is 9.47 Å². The number of carbonyl (C=O) groups excluding carboxylic acids is 2. The molecule has 0 bridgehead atoms. The molecule has 0 unspecified atom stereocenters. The first-order chi connectivity index (χ1) is 15.6. The number of carbonyl (C=O) groups is 2. The van der Waals surface area contributed by atoms with E-state index in [2.05, 4.69) is 15.3 Å². The molecular weight excluding hydrogens is 408 g/mol. The van der Waals surface area contributed by atoms with Gasteiger partial charge >= 0.3 is 5.97 Å². The Balaban J connectivity index is 1.36. The highest BCUT2D eigenvalue weighted by Crippen LogP contribution is 2.23. The number of anilines is 1. The molecule has 8 nitrogen and oxygen atoms in total. The van der Waals surface area contributed by atoms with Crippen molar-refractivity contribution in [1.82, 2.24) is 9.91 Å². The van der Waals surface area contributed by atoms with E-state index >= 15 is 0 Å². The Kier molecular flexibility index (Phi) is 7.14. The highest BCUT2D eigenvalue weighted by atomic mass is 16.5. The highest BCUT2D eigenvalue weighted by Gasteiger charge is 2.19. The van der Waals surface area contributed by atoms with Crippen molar-refractivity contribution in [2.24, 2.45) is 5.10 Å². The first-order valence-corrected chi connectivity index (χ1v) is 10.8. The molecule has 4 rings (SSSR count). The molecule has 0 aliphatic carbocycles. The highest BCUT2D eigenvalue weighted by molar-refractivity contribution is 6.04. The fourth-order valence-corrected chi connectivity index (χ4v) is 3.82. The number of methoxy groups -OCH3 is 1. The van der Waals surface area contributed by atoms with E-state index in [-0.39, 0.29) is 18.4 Å². The van der Waals surface area contributed by atoms with E-state index in [1.807, 2.05) is 35.3 Å². The number of amides is 1. The maximum absolute atomic E-state index is 12.7. The third-order valence-electron chi connectivity index (χ3n) is 5.67. The SMILES string of the molecule is COC(=O)CN1CCc2ccc(NC(=O)c3ccc(/C=N/N4CCOCC4)cc3)cc2C1. The van der Waals surface area contributed by atoms with Crippen molar-refractivity contribution in [1.29, 1.82) is 0 Å². The van der Waals surface area contributed by atoms with Gasteiger partial charge in [-0.15, -0.1) is 0 Å². The van der Waals surface area contributed by atoms with Crippen LogP contribution >= 0.6 is 0 Å². The summed E-state index contributed by atoms with van der Waals surface area (Å²) in [5, 5.41) is 9.41. The third-order valence-corrected chi connectivity index (χ3v) is 5.67. The molecule has 0 aromatic heterocycles. The molecule has 0 radical (unpaired) electrons. The fourth-order valence-electron chi connectivity index (χ4n) is 3.82. The molecular formula is C24H28N4O4. The zero-order valence-corrected chi connectivity index (χ0v) is 18.3. The summed E-state index contributed by atoms with van der Waals surface area (Å²) in [5.74, 6) is -0.403. The fraction of sp³-hybridized carbons (Fsp3) is 0.375. The Bertz CT molecular complexity index is 984. The van der Waals surface area contributed by atoms with E-state index < -0.39 is 0 Å². The predicted octanol–water partition coefficient (Wildman–Crippen LogP) is 2.14. The van der Waals surface area contributed by atoms with Crippen LogP contribution in [0.1, 0.15) is 27.0 Å². The Morgan fingerprint density at radius 1 is 1.09 bits per heavy atom. The lowest BCUT2D eigenvalue weighted by molar-refractivity contribution is -0.142. The van der Waals surface area contributed by atoms with Crippen LogP contribution in [0.3, 0.4) is 0 Å². The van der Waals surface area contributed by atoms with Crippen LogP contribution in [0, 0.1) is 0 Å². The second kappa shape index (κ2) is 10.4. The van der Waals surface area contributed by atoms with Crippen molar-refractivity contribution in [2.75, 3.05) is 51.8 Å². The third kappa shape index (κ3) is 5.72. The van der Waals surface area contributed by atoms with Gasteiger partial charge in [0.05, 0.1) is 46.2 Å². The minimum Gasteiger partial charge on any atom is -0.468 e. The molecule has 168 valence electrons. The minimum atomic E-state index is -0.239. The van der Waals surface area contributed by atoms with Gasteiger partial charge in [-0.2, -0.15) is 5.10 Å². The second-order valence-corrected chi connectivity index (χ2v) is 7.91. The largest absolute Gasteiger partial charge is 0.468 e. The molecule has 0 saturated carbocycles. The zero-order chi connectivity index (χ0) is 22.3. The Hall–Kier alpha value is -3.23. The monoisotopic (exact) mass is 436 g/mol. The van der Waals surface area contributed by atoms with E-state index in [9.17, 15) is 9.59 Å². The van der Waals surface area contributed by atoms with Crippen molar-refractivity contribution in [2.45, 2.75) is 13.0 Å². The van der Waals surface area contributed by atoms with Crippen LogP contribution in [0.5, 0.6) is 0 Å². The summed E-state index contributed by atoms with van der Waals surface area (Å²) >= 11 is 0. The quantitative estimate of drug-likeness (QED) is 0.552. The molecule has 1 fully saturated rings. The normalized spacial score (nSPS) is 16.6. The minimum absolute atomic E-state index is 0.163. The van der Waals surface area contributed by atoms with Crippen molar-refractivity contribution >= 4 is 23.8 Å². The lowest BCUT2D eigenvalue weighted by Gasteiger charge is -2.28. The van der Waals surface area contributed by atoms with Crippen molar-refractivity contribution in [3.63, 3.8) is 0 Å². The Labute approximate surface area is 187 Å². The number of hydrogen-bond donors (Lipinski definition) is 1. The van der Waals surface area contributed by atoms with E-state index in [0.29, 0.717) is 25.3 Å². The van der Waals surface area contributed by atoms with Crippen molar-refractivity contribution in [3.05, 3.63) is 64.7 Å². The molecule has 2 aliphatic heterocycles. The van der Waals surface area contributed by atoms with Crippen LogP contribution in [0.25, 0.3) is 0 Å². The van der Waals surface area contributed by atoms with Gasteiger partial charge in [0, 0.05) is 24.3 Å². The average molecular weight is 437 g/mol.